The van der Waals surface area contributed by atoms with E-state index in [1.54, 1.807) is 35.1 Å². The number of nitriles is 1. The molecule has 0 fully saturated rings. The number of hydrogen-bond acceptors (Lipinski definition) is 3. The molecule has 0 atom stereocenters. The van der Waals surface area contributed by atoms with Crippen molar-refractivity contribution in [3.8, 4) is 6.07 Å². The second-order valence-corrected chi connectivity index (χ2v) is 5.57. The molecule has 1 N–H and O–H groups in total. The van der Waals surface area contributed by atoms with Crippen LogP contribution in [0.2, 0.25) is 5.02 Å². The van der Waals surface area contributed by atoms with Crippen molar-refractivity contribution >= 4 is 23.2 Å². The molecule has 5 nitrogen and oxygen atoms in total. The topological polar surface area (TPSA) is 70.7 Å². The van der Waals surface area contributed by atoms with E-state index >= 15 is 0 Å². The number of halogens is 1. The standard InChI is InChI=1S/C18H13ClN4O/c19-17-7-2-1-5-14(17)11-23-12-15(10-21-23)18(24)22-16-6-3-4-13(8-16)9-20/h1-8,10,12H,11H2,(H,22,24). The van der Waals surface area contributed by atoms with Crippen molar-refractivity contribution < 1.29 is 4.79 Å². The Balaban J connectivity index is 1.72. The molecule has 0 aliphatic heterocycles. The third-order valence-corrected chi connectivity index (χ3v) is 3.80. The molecule has 0 saturated heterocycles. The molecule has 0 aliphatic carbocycles. The normalized spacial score (nSPS) is 10.2. The molecular formula is C18H13ClN4O. The van der Waals surface area contributed by atoms with Crippen molar-refractivity contribution in [1.29, 1.82) is 5.26 Å². The maximum atomic E-state index is 12.3. The summed E-state index contributed by atoms with van der Waals surface area (Å²) in [5.74, 6) is -0.282. The summed E-state index contributed by atoms with van der Waals surface area (Å²) in [7, 11) is 0. The Kier molecular flexibility index (Phi) is 4.59. The van der Waals surface area contributed by atoms with Crippen LogP contribution in [0.25, 0.3) is 0 Å². The minimum Gasteiger partial charge on any atom is -0.322 e. The molecule has 1 heterocycles. The van der Waals surface area contributed by atoms with E-state index in [0.29, 0.717) is 28.4 Å². The van der Waals surface area contributed by atoms with Crippen LogP contribution >= 0.6 is 11.6 Å². The van der Waals surface area contributed by atoms with Crippen molar-refractivity contribution in [2.45, 2.75) is 6.54 Å². The minimum absolute atomic E-state index is 0.282. The van der Waals surface area contributed by atoms with E-state index in [4.69, 9.17) is 16.9 Å². The number of benzene rings is 2. The lowest BCUT2D eigenvalue weighted by atomic mass is 10.2. The van der Waals surface area contributed by atoms with Gasteiger partial charge in [-0.05, 0) is 29.8 Å². The number of rotatable bonds is 4. The molecule has 2 aromatic carbocycles. The molecule has 1 amide bonds. The second-order valence-electron chi connectivity index (χ2n) is 5.16. The average molecular weight is 337 g/mol. The van der Waals surface area contributed by atoms with E-state index in [9.17, 15) is 4.79 Å². The van der Waals surface area contributed by atoms with Crippen LogP contribution in [0.3, 0.4) is 0 Å². The van der Waals surface area contributed by atoms with Gasteiger partial charge in [-0.1, -0.05) is 35.9 Å². The van der Waals surface area contributed by atoms with Gasteiger partial charge in [0.1, 0.15) is 0 Å². The van der Waals surface area contributed by atoms with Crippen LogP contribution in [-0.2, 0) is 6.54 Å². The maximum absolute atomic E-state index is 12.3. The van der Waals surface area contributed by atoms with Crippen LogP contribution in [0.15, 0.2) is 60.9 Å². The number of aromatic nitrogens is 2. The van der Waals surface area contributed by atoms with Crippen LogP contribution in [-0.4, -0.2) is 15.7 Å². The lowest BCUT2D eigenvalue weighted by Gasteiger charge is -2.04. The highest BCUT2D eigenvalue weighted by molar-refractivity contribution is 6.31. The van der Waals surface area contributed by atoms with Gasteiger partial charge < -0.3 is 5.32 Å². The average Bonchev–Trinajstić information content (AvgIpc) is 3.06. The highest BCUT2D eigenvalue weighted by Crippen LogP contribution is 2.16. The first-order valence-electron chi connectivity index (χ1n) is 7.23. The van der Waals surface area contributed by atoms with Crippen molar-refractivity contribution in [2.75, 3.05) is 5.32 Å². The molecule has 0 saturated carbocycles. The van der Waals surface area contributed by atoms with Gasteiger partial charge >= 0.3 is 0 Å². The Labute approximate surface area is 144 Å². The van der Waals surface area contributed by atoms with Crippen LogP contribution in [0.5, 0.6) is 0 Å². The highest BCUT2D eigenvalue weighted by Gasteiger charge is 2.10. The molecular weight excluding hydrogens is 324 g/mol. The SMILES string of the molecule is N#Cc1cccc(NC(=O)c2cnn(Cc3ccccc3Cl)c2)c1. The highest BCUT2D eigenvalue weighted by atomic mass is 35.5. The molecule has 0 aliphatic rings. The zero-order chi connectivity index (χ0) is 16.9. The fourth-order valence-corrected chi connectivity index (χ4v) is 2.43. The summed E-state index contributed by atoms with van der Waals surface area (Å²) in [5.41, 5.74) is 2.42. The Morgan fingerprint density at radius 1 is 1.25 bits per heavy atom. The summed E-state index contributed by atoms with van der Waals surface area (Å²) >= 11 is 6.13. The third kappa shape index (κ3) is 3.62. The molecule has 0 spiro atoms. The lowest BCUT2D eigenvalue weighted by Crippen LogP contribution is -2.11. The van der Waals surface area contributed by atoms with Crippen molar-refractivity contribution in [1.82, 2.24) is 9.78 Å². The van der Waals surface area contributed by atoms with E-state index < -0.39 is 0 Å². The number of amides is 1. The van der Waals surface area contributed by atoms with Crippen LogP contribution in [0, 0.1) is 11.3 Å². The van der Waals surface area contributed by atoms with E-state index in [0.717, 1.165) is 5.56 Å². The monoisotopic (exact) mass is 336 g/mol. The first kappa shape index (κ1) is 15.8. The Bertz CT molecular complexity index is 927. The number of carbonyl (C=O) groups is 1. The summed E-state index contributed by atoms with van der Waals surface area (Å²) in [6.07, 6.45) is 3.16. The first-order valence-corrected chi connectivity index (χ1v) is 7.61. The Morgan fingerprint density at radius 2 is 2.08 bits per heavy atom. The van der Waals surface area contributed by atoms with Gasteiger partial charge in [0.15, 0.2) is 0 Å². The zero-order valence-corrected chi connectivity index (χ0v) is 13.4. The van der Waals surface area contributed by atoms with E-state index in [1.165, 1.54) is 6.20 Å². The van der Waals surface area contributed by atoms with E-state index in [2.05, 4.69) is 10.4 Å². The molecule has 3 aromatic rings. The summed E-state index contributed by atoms with van der Waals surface area (Å²) in [6.45, 7) is 0.483. The van der Waals surface area contributed by atoms with Gasteiger partial charge in [0.25, 0.3) is 5.91 Å². The number of hydrogen-bond donors (Lipinski definition) is 1. The third-order valence-electron chi connectivity index (χ3n) is 3.44. The zero-order valence-electron chi connectivity index (χ0n) is 12.6. The Morgan fingerprint density at radius 3 is 2.88 bits per heavy atom. The molecule has 24 heavy (non-hydrogen) atoms. The summed E-state index contributed by atoms with van der Waals surface area (Å²) in [4.78, 5) is 12.3. The number of carbonyl (C=O) groups excluding carboxylic acids is 1. The smallest absolute Gasteiger partial charge is 0.258 e. The molecule has 118 valence electrons. The minimum atomic E-state index is -0.282. The summed E-state index contributed by atoms with van der Waals surface area (Å²) in [6, 6.07) is 16.3. The van der Waals surface area contributed by atoms with Gasteiger partial charge in [-0.25, -0.2) is 0 Å². The van der Waals surface area contributed by atoms with E-state index in [1.807, 2.05) is 30.3 Å². The largest absolute Gasteiger partial charge is 0.322 e. The summed E-state index contributed by atoms with van der Waals surface area (Å²) < 4.78 is 1.65. The van der Waals surface area contributed by atoms with Gasteiger partial charge in [-0.3, -0.25) is 9.48 Å². The van der Waals surface area contributed by atoms with Gasteiger partial charge in [-0.2, -0.15) is 10.4 Å². The van der Waals surface area contributed by atoms with Gasteiger partial charge in [0.2, 0.25) is 0 Å². The molecule has 6 heteroatoms. The van der Waals surface area contributed by atoms with E-state index in [-0.39, 0.29) is 5.91 Å². The molecule has 0 unspecified atom stereocenters. The Hall–Kier alpha value is -3.10. The molecule has 0 bridgehead atoms. The summed E-state index contributed by atoms with van der Waals surface area (Å²) in [5, 5.41) is 16.5. The van der Waals surface area contributed by atoms with Crippen LogP contribution in [0.4, 0.5) is 5.69 Å². The molecule has 3 rings (SSSR count). The molecule has 1 aromatic heterocycles. The quantitative estimate of drug-likeness (QED) is 0.789. The number of nitrogens with zero attached hydrogens (tertiary/aromatic N) is 3. The van der Waals surface area contributed by atoms with Crippen LogP contribution < -0.4 is 5.32 Å². The first-order chi connectivity index (χ1) is 11.7. The molecule has 0 radical (unpaired) electrons. The van der Waals surface area contributed by atoms with Gasteiger partial charge in [-0.15, -0.1) is 0 Å². The van der Waals surface area contributed by atoms with Crippen LogP contribution in [0.1, 0.15) is 21.5 Å². The second kappa shape index (κ2) is 6.99. The van der Waals surface area contributed by atoms with Crippen molar-refractivity contribution in [2.24, 2.45) is 0 Å². The van der Waals surface area contributed by atoms with Gasteiger partial charge in [0.05, 0.1) is 29.9 Å². The van der Waals surface area contributed by atoms with Crippen molar-refractivity contribution in [3.63, 3.8) is 0 Å². The van der Waals surface area contributed by atoms with Gasteiger partial charge in [0, 0.05) is 16.9 Å². The fraction of sp³-hybridized carbons (Fsp3) is 0.0556. The number of nitrogens with one attached hydrogen (secondary N) is 1. The lowest BCUT2D eigenvalue weighted by molar-refractivity contribution is 0.102. The fourth-order valence-electron chi connectivity index (χ4n) is 2.24. The maximum Gasteiger partial charge on any atom is 0.258 e. The van der Waals surface area contributed by atoms with Crippen molar-refractivity contribution in [3.05, 3.63) is 82.6 Å². The predicted molar refractivity (Wildman–Crippen MR) is 91.9 cm³/mol. The number of anilines is 1. The predicted octanol–water partition coefficient (Wildman–Crippen LogP) is 3.71.